The average Bonchev–Trinajstić information content (AvgIpc) is 3.16. The van der Waals surface area contributed by atoms with E-state index >= 15 is 0 Å². The standard InChI is InChI=1S/C19H23N5O/c20-19-18(24-11-3-9-22-24)17(15-4-1-2-5-16(15)23-19)21-10-6-14-7-12-25-13-8-14/h1-5,9,11,14H,6-8,10,12-13H2,(H3,20,21,23). The molecule has 0 amide bonds. The average molecular weight is 337 g/mol. The van der Waals surface area contributed by atoms with E-state index in [4.69, 9.17) is 10.5 Å². The SMILES string of the molecule is Nc1nc2ccccc2c(NCCC2CCOCC2)c1-n1cccn1. The van der Waals surface area contributed by atoms with Gasteiger partial charge in [0, 0.05) is 37.5 Å². The van der Waals surface area contributed by atoms with Crippen LogP contribution in [0.5, 0.6) is 0 Å². The maximum absolute atomic E-state index is 6.26. The number of fused-ring (bicyclic) bond motifs is 1. The minimum atomic E-state index is 0.482. The number of pyridine rings is 1. The first-order valence-corrected chi connectivity index (χ1v) is 8.83. The second-order valence-electron chi connectivity index (χ2n) is 6.46. The van der Waals surface area contributed by atoms with E-state index in [2.05, 4.69) is 21.5 Å². The summed E-state index contributed by atoms with van der Waals surface area (Å²) in [6.45, 7) is 2.66. The largest absolute Gasteiger partial charge is 0.383 e. The van der Waals surface area contributed by atoms with E-state index in [0.717, 1.165) is 67.2 Å². The molecule has 0 unspecified atom stereocenters. The third kappa shape index (κ3) is 3.30. The van der Waals surface area contributed by atoms with Crippen molar-refractivity contribution in [1.29, 1.82) is 0 Å². The summed E-state index contributed by atoms with van der Waals surface area (Å²) in [7, 11) is 0. The summed E-state index contributed by atoms with van der Waals surface area (Å²) < 4.78 is 7.23. The normalized spacial score (nSPS) is 15.5. The highest BCUT2D eigenvalue weighted by Gasteiger charge is 2.17. The van der Waals surface area contributed by atoms with Gasteiger partial charge in [0.2, 0.25) is 0 Å². The summed E-state index contributed by atoms with van der Waals surface area (Å²) in [6.07, 6.45) is 7.06. The zero-order valence-corrected chi connectivity index (χ0v) is 14.2. The molecule has 4 rings (SSSR count). The van der Waals surface area contributed by atoms with Gasteiger partial charge in [0.25, 0.3) is 0 Å². The van der Waals surface area contributed by atoms with Gasteiger partial charge >= 0.3 is 0 Å². The maximum Gasteiger partial charge on any atom is 0.152 e. The zero-order valence-electron chi connectivity index (χ0n) is 14.2. The number of nitrogens with zero attached hydrogens (tertiary/aromatic N) is 3. The predicted molar refractivity (Wildman–Crippen MR) is 99.9 cm³/mol. The number of ether oxygens (including phenoxy) is 1. The first-order chi connectivity index (χ1) is 12.3. The second kappa shape index (κ2) is 7.11. The Morgan fingerprint density at radius 2 is 2.04 bits per heavy atom. The van der Waals surface area contributed by atoms with Crippen LogP contribution in [0.1, 0.15) is 19.3 Å². The molecular weight excluding hydrogens is 314 g/mol. The highest BCUT2D eigenvalue weighted by Crippen LogP contribution is 2.33. The first-order valence-electron chi connectivity index (χ1n) is 8.83. The van der Waals surface area contributed by atoms with Crippen LogP contribution in [0.25, 0.3) is 16.6 Å². The van der Waals surface area contributed by atoms with E-state index in [1.54, 1.807) is 10.9 Å². The quantitative estimate of drug-likeness (QED) is 0.747. The zero-order chi connectivity index (χ0) is 17.1. The first kappa shape index (κ1) is 15.9. The minimum absolute atomic E-state index is 0.482. The molecule has 130 valence electrons. The molecule has 6 heteroatoms. The van der Waals surface area contributed by atoms with Crippen molar-refractivity contribution in [1.82, 2.24) is 14.8 Å². The Balaban J connectivity index is 1.66. The molecule has 0 atom stereocenters. The lowest BCUT2D eigenvalue weighted by molar-refractivity contribution is 0.0649. The molecule has 1 saturated heterocycles. The molecule has 0 radical (unpaired) electrons. The Morgan fingerprint density at radius 1 is 1.20 bits per heavy atom. The highest BCUT2D eigenvalue weighted by atomic mass is 16.5. The molecule has 1 fully saturated rings. The van der Waals surface area contributed by atoms with Gasteiger partial charge in [0.1, 0.15) is 5.69 Å². The number of para-hydroxylation sites is 1. The number of nitrogen functional groups attached to an aromatic ring is 1. The van der Waals surface area contributed by atoms with Gasteiger partial charge in [-0.3, -0.25) is 0 Å². The van der Waals surface area contributed by atoms with Gasteiger partial charge in [-0.25, -0.2) is 9.67 Å². The van der Waals surface area contributed by atoms with Gasteiger partial charge < -0.3 is 15.8 Å². The molecule has 3 aromatic rings. The fourth-order valence-corrected chi connectivity index (χ4v) is 3.47. The monoisotopic (exact) mass is 337 g/mol. The molecule has 2 aromatic heterocycles. The van der Waals surface area contributed by atoms with Crippen molar-refractivity contribution in [2.75, 3.05) is 30.8 Å². The van der Waals surface area contributed by atoms with Crippen LogP contribution in [0.3, 0.4) is 0 Å². The van der Waals surface area contributed by atoms with Crippen molar-refractivity contribution in [3.63, 3.8) is 0 Å². The summed E-state index contributed by atoms with van der Waals surface area (Å²) in [4.78, 5) is 4.55. The number of nitrogens with one attached hydrogen (secondary N) is 1. The highest BCUT2D eigenvalue weighted by molar-refractivity contribution is 5.98. The van der Waals surface area contributed by atoms with Gasteiger partial charge in [0.15, 0.2) is 5.82 Å². The van der Waals surface area contributed by atoms with Crippen LogP contribution >= 0.6 is 0 Å². The number of benzene rings is 1. The van der Waals surface area contributed by atoms with Crippen LogP contribution in [-0.2, 0) is 4.74 Å². The second-order valence-corrected chi connectivity index (χ2v) is 6.46. The summed E-state index contributed by atoms with van der Waals surface area (Å²) >= 11 is 0. The van der Waals surface area contributed by atoms with E-state index in [9.17, 15) is 0 Å². The number of rotatable bonds is 5. The fraction of sp³-hybridized carbons (Fsp3) is 0.368. The Labute approximate surface area is 147 Å². The maximum atomic E-state index is 6.26. The minimum Gasteiger partial charge on any atom is -0.383 e. The van der Waals surface area contributed by atoms with E-state index in [-0.39, 0.29) is 0 Å². The topological polar surface area (TPSA) is 78.0 Å². The predicted octanol–water partition coefficient (Wildman–Crippen LogP) is 3.23. The molecule has 1 aliphatic heterocycles. The molecule has 0 aliphatic carbocycles. The Kier molecular flexibility index (Phi) is 4.52. The Bertz CT molecular complexity index is 840. The van der Waals surface area contributed by atoms with E-state index in [0.29, 0.717) is 5.82 Å². The van der Waals surface area contributed by atoms with Crippen LogP contribution < -0.4 is 11.1 Å². The molecule has 0 spiro atoms. The third-order valence-electron chi connectivity index (χ3n) is 4.82. The van der Waals surface area contributed by atoms with Gasteiger partial charge in [-0.1, -0.05) is 18.2 Å². The number of anilines is 2. The van der Waals surface area contributed by atoms with Gasteiger partial charge in [-0.05, 0) is 37.3 Å². The van der Waals surface area contributed by atoms with Crippen LogP contribution in [-0.4, -0.2) is 34.5 Å². The van der Waals surface area contributed by atoms with Crippen molar-refractivity contribution in [3.8, 4) is 5.69 Å². The van der Waals surface area contributed by atoms with Gasteiger partial charge in [-0.15, -0.1) is 0 Å². The molecule has 1 aromatic carbocycles. The van der Waals surface area contributed by atoms with Gasteiger partial charge in [-0.2, -0.15) is 5.10 Å². The summed E-state index contributed by atoms with van der Waals surface area (Å²) in [5.74, 6) is 1.20. The Hall–Kier alpha value is -2.60. The summed E-state index contributed by atoms with van der Waals surface area (Å²) in [5.41, 5.74) is 8.97. The van der Waals surface area contributed by atoms with Crippen molar-refractivity contribution in [3.05, 3.63) is 42.7 Å². The molecular formula is C19H23N5O. The summed E-state index contributed by atoms with van der Waals surface area (Å²) in [6, 6.07) is 9.96. The van der Waals surface area contributed by atoms with Crippen molar-refractivity contribution < 1.29 is 4.74 Å². The number of hydrogen-bond acceptors (Lipinski definition) is 5. The molecule has 6 nitrogen and oxygen atoms in total. The van der Waals surface area contributed by atoms with Crippen LogP contribution in [0.4, 0.5) is 11.5 Å². The molecule has 25 heavy (non-hydrogen) atoms. The lowest BCUT2D eigenvalue weighted by atomic mass is 9.96. The van der Waals surface area contributed by atoms with Crippen LogP contribution in [0.15, 0.2) is 42.7 Å². The molecule has 3 N–H and O–H groups in total. The molecule has 0 bridgehead atoms. The number of nitrogens with two attached hydrogens (primary N) is 1. The number of aromatic nitrogens is 3. The summed E-state index contributed by atoms with van der Waals surface area (Å²) in [5, 5.41) is 9.03. The van der Waals surface area contributed by atoms with Crippen LogP contribution in [0.2, 0.25) is 0 Å². The van der Waals surface area contributed by atoms with E-state index in [1.165, 1.54) is 0 Å². The molecule has 1 aliphatic rings. The molecule has 3 heterocycles. The number of hydrogen-bond donors (Lipinski definition) is 2. The van der Waals surface area contributed by atoms with Crippen molar-refractivity contribution >= 4 is 22.4 Å². The van der Waals surface area contributed by atoms with Gasteiger partial charge in [0.05, 0.1) is 11.2 Å². The lowest BCUT2D eigenvalue weighted by Gasteiger charge is -2.23. The fourth-order valence-electron chi connectivity index (χ4n) is 3.47. The van der Waals surface area contributed by atoms with Crippen molar-refractivity contribution in [2.45, 2.75) is 19.3 Å². The lowest BCUT2D eigenvalue weighted by Crippen LogP contribution is -2.19. The van der Waals surface area contributed by atoms with E-state index in [1.807, 2.05) is 30.5 Å². The third-order valence-corrected chi connectivity index (χ3v) is 4.82. The molecule has 0 saturated carbocycles. The van der Waals surface area contributed by atoms with E-state index < -0.39 is 0 Å². The Morgan fingerprint density at radius 3 is 2.84 bits per heavy atom. The van der Waals surface area contributed by atoms with Crippen LogP contribution in [0, 0.1) is 5.92 Å². The van der Waals surface area contributed by atoms with Crippen molar-refractivity contribution in [2.24, 2.45) is 5.92 Å². The smallest absolute Gasteiger partial charge is 0.152 e.